The minimum absolute atomic E-state index is 0.0730. The molecule has 1 fully saturated rings. The van der Waals surface area contributed by atoms with Gasteiger partial charge in [0.1, 0.15) is 18.0 Å². The molecule has 26 heavy (non-hydrogen) atoms. The molecule has 0 unspecified atom stereocenters. The van der Waals surface area contributed by atoms with Crippen molar-refractivity contribution in [1.29, 1.82) is 0 Å². The predicted octanol–water partition coefficient (Wildman–Crippen LogP) is -0.681. The van der Waals surface area contributed by atoms with E-state index in [0.29, 0.717) is 5.56 Å². The highest BCUT2D eigenvalue weighted by Crippen LogP contribution is 2.25. The monoisotopic (exact) mass is 368 g/mol. The summed E-state index contributed by atoms with van der Waals surface area (Å²) in [6.07, 6.45) is -4.80. The highest BCUT2D eigenvalue weighted by atomic mass is 16.7. The highest BCUT2D eigenvalue weighted by Gasteiger charge is 2.48. The minimum Gasteiger partial charge on any atom is -0.508 e. The second-order valence-electron chi connectivity index (χ2n) is 5.64. The zero-order chi connectivity index (χ0) is 19.3. The first-order valence-corrected chi connectivity index (χ1v) is 7.79. The molecule has 2 rings (SSSR count). The number of carbonyl (C=O) groups excluding carboxylic acids is 2. The van der Waals surface area contributed by atoms with Crippen LogP contribution in [-0.2, 0) is 23.8 Å². The summed E-state index contributed by atoms with van der Waals surface area (Å²) in [4.78, 5) is 23.2. The van der Waals surface area contributed by atoms with E-state index in [1.165, 1.54) is 18.2 Å². The molecule has 9 heteroatoms. The molecule has 9 nitrogen and oxygen atoms in total. The van der Waals surface area contributed by atoms with Gasteiger partial charge in [-0.15, -0.1) is 0 Å². The zero-order valence-electron chi connectivity index (χ0n) is 13.9. The number of rotatable bonds is 5. The first kappa shape index (κ1) is 19.9. The average Bonchev–Trinajstić information content (AvgIpc) is 2.60. The van der Waals surface area contributed by atoms with Gasteiger partial charge in [0, 0.05) is 13.0 Å². The minimum atomic E-state index is -1.70. The van der Waals surface area contributed by atoms with Gasteiger partial charge in [-0.3, -0.25) is 4.79 Å². The largest absolute Gasteiger partial charge is 0.508 e. The van der Waals surface area contributed by atoms with E-state index in [-0.39, 0.29) is 5.75 Å². The molecule has 0 spiro atoms. The van der Waals surface area contributed by atoms with Crippen molar-refractivity contribution >= 4 is 18.0 Å². The first-order valence-electron chi connectivity index (χ1n) is 7.79. The van der Waals surface area contributed by atoms with E-state index in [2.05, 4.69) is 0 Å². The lowest BCUT2D eigenvalue weighted by Gasteiger charge is -2.40. The van der Waals surface area contributed by atoms with Gasteiger partial charge >= 0.3 is 11.9 Å². The lowest BCUT2D eigenvalue weighted by molar-refractivity contribution is -0.292. The summed E-state index contributed by atoms with van der Waals surface area (Å²) < 4.78 is 15.0. The summed E-state index contributed by atoms with van der Waals surface area (Å²) in [7, 11) is 0. The Morgan fingerprint density at radius 2 is 1.81 bits per heavy atom. The summed E-state index contributed by atoms with van der Waals surface area (Å²) >= 11 is 0. The number of aromatic hydroxyl groups is 1. The van der Waals surface area contributed by atoms with Crippen LogP contribution in [0.1, 0.15) is 12.5 Å². The number of phenolic OH excluding ortho intramolecular Hbond substituents is 1. The number of esters is 2. The maximum atomic E-state index is 12.0. The van der Waals surface area contributed by atoms with E-state index in [4.69, 9.17) is 19.3 Å². The number of aliphatic hydroxyl groups is 3. The van der Waals surface area contributed by atoms with Crippen molar-refractivity contribution in [3.8, 4) is 5.75 Å². The fraction of sp³-hybridized carbons (Fsp3) is 0.412. The molecule has 1 aromatic rings. The van der Waals surface area contributed by atoms with Crippen LogP contribution < -0.4 is 0 Å². The normalized spacial score (nSPS) is 28.7. The molecular formula is C17H20O9. The van der Waals surface area contributed by atoms with Gasteiger partial charge in [0.05, 0.1) is 6.61 Å². The van der Waals surface area contributed by atoms with Crippen molar-refractivity contribution in [1.82, 2.24) is 0 Å². The fourth-order valence-electron chi connectivity index (χ4n) is 2.43. The van der Waals surface area contributed by atoms with Gasteiger partial charge in [0.2, 0.25) is 0 Å². The van der Waals surface area contributed by atoms with Gasteiger partial charge in [0.15, 0.2) is 18.5 Å². The molecule has 0 aliphatic carbocycles. The number of hydrogen-bond acceptors (Lipinski definition) is 9. The lowest BCUT2D eigenvalue weighted by Crippen LogP contribution is -2.61. The maximum absolute atomic E-state index is 12.0. The molecule has 0 saturated carbocycles. The molecule has 142 valence electrons. The van der Waals surface area contributed by atoms with E-state index in [1.54, 1.807) is 12.1 Å². The highest BCUT2D eigenvalue weighted by molar-refractivity contribution is 5.87. The van der Waals surface area contributed by atoms with Crippen LogP contribution in [0.2, 0.25) is 0 Å². The van der Waals surface area contributed by atoms with E-state index in [1.807, 2.05) is 0 Å². The SMILES string of the molecule is CC(=O)O[C@H]1[C@H](O)[C@H](CO)O[C@H](O)[C@@H]1OC(=O)/C=C/c1ccc(O)cc1. The van der Waals surface area contributed by atoms with E-state index >= 15 is 0 Å². The Balaban J connectivity index is 2.09. The van der Waals surface area contributed by atoms with Crippen molar-refractivity contribution in [3.05, 3.63) is 35.9 Å². The molecule has 4 N–H and O–H groups in total. The number of phenols is 1. The van der Waals surface area contributed by atoms with Crippen LogP contribution in [0.5, 0.6) is 5.75 Å². The van der Waals surface area contributed by atoms with Crippen LogP contribution >= 0.6 is 0 Å². The van der Waals surface area contributed by atoms with Gasteiger partial charge in [-0.2, -0.15) is 0 Å². The smallest absolute Gasteiger partial charge is 0.331 e. The molecule has 0 bridgehead atoms. The number of carbonyl (C=O) groups is 2. The van der Waals surface area contributed by atoms with Gasteiger partial charge < -0.3 is 34.6 Å². The van der Waals surface area contributed by atoms with E-state index in [9.17, 15) is 24.9 Å². The summed E-state index contributed by atoms with van der Waals surface area (Å²) in [6, 6.07) is 6.00. The summed E-state index contributed by atoms with van der Waals surface area (Å²) in [5.74, 6) is -1.57. The molecule has 5 atom stereocenters. The molecule has 1 aromatic carbocycles. The lowest BCUT2D eigenvalue weighted by atomic mass is 9.99. The third-order valence-corrected chi connectivity index (χ3v) is 3.68. The Bertz CT molecular complexity index is 655. The molecular weight excluding hydrogens is 348 g/mol. The Kier molecular flexibility index (Phi) is 6.70. The molecule has 0 amide bonds. The first-order chi connectivity index (χ1) is 12.3. The van der Waals surface area contributed by atoms with E-state index in [0.717, 1.165) is 13.0 Å². The van der Waals surface area contributed by atoms with Gasteiger partial charge in [-0.1, -0.05) is 12.1 Å². The van der Waals surface area contributed by atoms with Crippen molar-refractivity contribution in [3.63, 3.8) is 0 Å². The Labute approximate surface area is 149 Å². The van der Waals surface area contributed by atoms with Crippen molar-refractivity contribution in [2.45, 2.75) is 37.6 Å². The van der Waals surface area contributed by atoms with Crippen LogP contribution in [0.25, 0.3) is 6.08 Å². The Morgan fingerprint density at radius 1 is 1.15 bits per heavy atom. The van der Waals surface area contributed by atoms with E-state index < -0.39 is 49.3 Å². The topological polar surface area (TPSA) is 143 Å². The molecule has 1 aliphatic rings. The van der Waals surface area contributed by atoms with Crippen molar-refractivity contribution in [2.75, 3.05) is 6.61 Å². The summed E-state index contributed by atoms with van der Waals surface area (Å²) in [5, 5.41) is 38.4. The quantitative estimate of drug-likeness (QED) is 0.392. The Hall–Kier alpha value is -2.46. The maximum Gasteiger partial charge on any atom is 0.331 e. The molecule has 0 radical (unpaired) electrons. The van der Waals surface area contributed by atoms with Crippen molar-refractivity contribution < 1.29 is 44.2 Å². The Morgan fingerprint density at radius 3 is 2.38 bits per heavy atom. The fourth-order valence-corrected chi connectivity index (χ4v) is 2.43. The standard InChI is InChI=1S/C17H20O9/c1-9(19)24-15-14(22)12(8-18)25-17(23)16(15)26-13(21)7-4-10-2-5-11(20)6-3-10/h2-7,12,14-18,20,22-23H,8H2,1H3/b7-4+/t12-,14+,15-,16+,17-/m0/s1. The number of benzene rings is 1. The predicted molar refractivity (Wildman–Crippen MR) is 86.5 cm³/mol. The second-order valence-corrected chi connectivity index (χ2v) is 5.64. The van der Waals surface area contributed by atoms with Crippen LogP contribution in [0.3, 0.4) is 0 Å². The number of hydrogen-bond donors (Lipinski definition) is 4. The van der Waals surface area contributed by atoms with Gasteiger partial charge in [-0.05, 0) is 23.8 Å². The number of aliphatic hydroxyl groups excluding tert-OH is 3. The van der Waals surface area contributed by atoms with Crippen LogP contribution in [0, 0.1) is 0 Å². The van der Waals surface area contributed by atoms with Gasteiger partial charge in [-0.25, -0.2) is 4.79 Å². The molecule has 0 aromatic heterocycles. The molecule has 1 aliphatic heterocycles. The molecule has 1 heterocycles. The van der Waals surface area contributed by atoms with Gasteiger partial charge in [0.25, 0.3) is 0 Å². The average molecular weight is 368 g/mol. The zero-order valence-corrected chi connectivity index (χ0v) is 13.9. The summed E-state index contributed by atoms with van der Waals surface area (Å²) in [6.45, 7) is 0.462. The molecule has 1 saturated heterocycles. The number of ether oxygens (including phenoxy) is 3. The van der Waals surface area contributed by atoms with Crippen LogP contribution in [0.4, 0.5) is 0 Å². The second kappa shape index (κ2) is 8.77. The van der Waals surface area contributed by atoms with Crippen molar-refractivity contribution in [2.24, 2.45) is 0 Å². The van der Waals surface area contributed by atoms with Crippen LogP contribution in [-0.4, -0.2) is 69.7 Å². The third kappa shape index (κ3) is 5.02. The van der Waals surface area contributed by atoms with Crippen LogP contribution in [0.15, 0.2) is 30.3 Å². The third-order valence-electron chi connectivity index (χ3n) is 3.68. The summed E-state index contributed by atoms with van der Waals surface area (Å²) in [5.41, 5.74) is 0.608.